The largest absolute Gasteiger partial charge is 0.339 e. The molecule has 0 fully saturated rings. The third kappa shape index (κ3) is 4.46. The summed E-state index contributed by atoms with van der Waals surface area (Å²) in [6.45, 7) is 0.913. The number of rotatable bonds is 7. The summed E-state index contributed by atoms with van der Waals surface area (Å²) in [4.78, 5) is 4.25. The van der Waals surface area contributed by atoms with E-state index in [1.54, 1.807) is 24.3 Å². The number of nitrogens with one attached hydrogen (secondary N) is 1. The number of nitrogens with zero attached hydrogens (tertiary/aromatic N) is 2. The van der Waals surface area contributed by atoms with Gasteiger partial charge in [-0.1, -0.05) is 42.5 Å². The molecule has 1 heterocycles. The van der Waals surface area contributed by atoms with E-state index in [4.69, 9.17) is 0 Å². The fourth-order valence-corrected chi connectivity index (χ4v) is 3.19. The molecular formula is C19H20FN3S. The Balaban J connectivity index is 1.45. The summed E-state index contributed by atoms with van der Waals surface area (Å²) in [7, 11) is 1.96. The number of benzene rings is 2. The van der Waals surface area contributed by atoms with Gasteiger partial charge in [-0.2, -0.15) is 0 Å². The summed E-state index contributed by atoms with van der Waals surface area (Å²) < 4.78 is 19.0. The van der Waals surface area contributed by atoms with E-state index in [0.29, 0.717) is 5.56 Å². The van der Waals surface area contributed by atoms with Gasteiger partial charge in [0.25, 0.3) is 0 Å². The average molecular weight is 341 g/mol. The van der Waals surface area contributed by atoms with Crippen LogP contribution < -0.4 is 4.72 Å². The molecule has 124 valence electrons. The predicted molar refractivity (Wildman–Crippen MR) is 97.2 cm³/mol. The Labute approximate surface area is 146 Å². The number of halogens is 1. The highest BCUT2D eigenvalue weighted by Gasteiger charge is 2.03. The number of imidazole rings is 1. The lowest BCUT2D eigenvalue weighted by atomic mass is 10.0. The van der Waals surface area contributed by atoms with Crippen molar-refractivity contribution in [3.05, 3.63) is 72.4 Å². The Kier molecular flexibility index (Phi) is 5.67. The average Bonchev–Trinajstić information content (AvgIpc) is 3.01. The van der Waals surface area contributed by atoms with Gasteiger partial charge in [0.05, 0.1) is 6.33 Å². The summed E-state index contributed by atoms with van der Waals surface area (Å²) in [5, 5.41) is 0.978. The minimum atomic E-state index is -0.180. The molecule has 0 aliphatic rings. The smallest absolute Gasteiger partial charge is 0.131 e. The number of aromatic nitrogens is 2. The van der Waals surface area contributed by atoms with Crippen LogP contribution in [0.5, 0.6) is 0 Å². The molecule has 1 N–H and O–H groups in total. The lowest BCUT2D eigenvalue weighted by molar-refractivity contribution is 0.631. The summed E-state index contributed by atoms with van der Waals surface area (Å²) in [5.41, 5.74) is 2.83. The molecule has 0 aliphatic carbocycles. The van der Waals surface area contributed by atoms with Crippen molar-refractivity contribution < 1.29 is 4.39 Å². The summed E-state index contributed by atoms with van der Waals surface area (Å²) in [6.07, 6.45) is 5.81. The first-order valence-electron chi connectivity index (χ1n) is 7.94. The molecule has 0 atom stereocenters. The van der Waals surface area contributed by atoms with Crippen LogP contribution >= 0.6 is 11.9 Å². The van der Waals surface area contributed by atoms with Gasteiger partial charge in [-0.15, -0.1) is 0 Å². The summed E-state index contributed by atoms with van der Waals surface area (Å²) in [6, 6.07) is 15.0. The van der Waals surface area contributed by atoms with Gasteiger partial charge in [0.1, 0.15) is 10.8 Å². The quantitative estimate of drug-likeness (QED) is 0.508. The van der Waals surface area contributed by atoms with E-state index in [1.807, 2.05) is 42.1 Å². The third-order valence-electron chi connectivity index (χ3n) is 3.74. The first kappa shape index (κ1) is 16.7. The van der Waals surface area contributed by atoms with Crippen LogP contribution in [0.15, 0.2) is 66.1 Å². The maximum Gasteiger partial charge on any atom is 0.131 e. The molecule has 0 radical (unpaired) electrons. The normalized spacial score (nSPS) is 10.9. The third-order valence-corrected chi connectivity index (χ3v) is 4.51. The van der Waals surface area contributed by atoms with Gasteiger partial charge in [0.15, 0.2) is 0 Å². The molecule has 1 aromatic heterocycles. The van der Waals surface area contributed by atoms with E-state index in [1.165, 1.54) is 11.6 Å². The summed E-state index contributed by atoms with van der Waals surface area (Å²) in [5.74, 6) is -0.180. The van der Waals surface area contributed by atoms with E-state index in [0.717, 1.165) is 30.0 Å². The van der Waals surface area contributed by atoms with Crippen molar-refractivity contribution in [2.45, 2.75) is 17.9 Å². The van der Waals surface area contributed by atoms with Crippen molar-refractivity contribution in [2.75, 3.05) is 6.54 Å². The van der Waals surface area contributed by atoms with E-state index >= 15 is 0 Å². The van der Waals surface area contributed by atoms with E-state index < -0.39 is 0 Å². The Morgan fingerprint density at radius 3 is 2.62 bits per heavy atom. The Morgan fingerprint density at radius 1 is 1.12 bits per heavy atom. The fraction of sp³-hybridized carbons (Fsp3) is 0.211. The van der Waals surface area contributed by atoms with Crippen LogP contribution in [0.1, 0.15) is 12.0 Å². The highest BCUT2D eigenvalue weighted by atomic mass is 32.2. The lowest BCUT2D eigenvalue weighted by Crippen LogP contribution is -2.06. The van der Waals surface area contributed by atoms with Crippen molar-refractivity contribution in [1.82, 2.24) is 14.3 Å². The molecule has 3 nitrogen and oxygen atoms in total. The molecule has 3 aromatic rings. The second-order valence-corrected chi connectivity index (χ2v) is 6.57. The monoisotopic (exact) mass is 341 g/mol. The van der Waals surface area contributed by atoms with Crippen LogP contribution in [0, 0.1) is 5.82 Å². The molecule has 3 rings (SSSR count). The van der Waals surface area contributed by atoms with Gasteiger partial charge in [-0.25, -0.2) is 9.37 Å². The zero-order valence-corrected chi connectivity index (χ0v) is 14.4. The van der Waals surface area contributed by atoms with Crippen molar-refractivity contribution in [1.29, 1.82) is 0 Å². The number of hydrogen-bond donors (Lipinski definition) is 1. The Bertz CT molecular complexity index is 783. The second-order valence-electron chi connectivity index (χ2n) is 5.65. The molecule has 0 bridgehead atoms. The van der Waals surface area contributed by atoms with Gasteiger partial charge in [-0.05, 0) is 42.0 Å². The molecule has 0 amide bonds. The van der Waals surface area contributed by atoms with Gasteiger partial charge >= 0.3 is 0 Å². The second kappa shape index (κ2) is 8.13. The number of aryl methyl sites for hydroxylation is 2. The van der Waals surface area contributed by atoms with Crippen molar-refractivity contribution in [3.8, 4) is 11.1 Å². The van der Waals surface area contributed by atoms with Gasteiger partial charge in [0, 0.05) is 25.4 Å². The maximum absolute atomic E-state index is 13.8. The fourth-order valence-electron chi connectivity index (χ4n) is 2.48. The molecule has 0 saturated heterocycles. The van der Waals surface area contributed by atoms with Crippen molar-refractivity contribution in [2.24, 2.45) is 7.05 Å². The summed E-state index contributed by atoms with van der Waals surface area (Å²) >= 11 is 1.55. The van der Waals surface area contributed by atoms with Crippen LogP contribution in [-0.4, -0.2) is 16.1 Å². The minimum absolute atomic E-state index is 0.180. The molecule has 0 aliphatic heterocycles. The van der Waals surface area contributed by atoms with Crippen LogP contribution in [0.3, 0.4) is 0 Å². The first-order valence-corrected chi connectivity index (χ1v) is 8.75. The minimum Gasteiger partial charge on any atom is -0.339 e. The van der Waals surface area contributed by atoms with E-state index in [-0.39, 0.29) is 5.82 Å². The zero-order chi connectivity index (χ0) is 16.8. The van der Waals surface area contributed by atoms with Crippen LogP contribution in [0.2, 0.25) is 0 Å². The van der Waals surface area contributed by atoms with Crippen LogP contribution in [0.25, 0.3) is 11.1 Å². The maximum atomic E-state index is 13.8. The van der Waals surface area contributed by atoms with Crippen LogP contribution in [0.4, 0.5) is 4.39 Å². The lowest BCUT2D eigenvalue weighted by Gasteiger charge is -2.06. The van der Waals surface area contributed by atoms with Crippen molar-refractivity contribution >= 4 is 11.9 Å². The Hall–Kier alpha value is -2.11. The highest BCUT2D eigenvalue weighted by Crippen LogP contribution is 2.23. The van der Waals surface area contributed by atoms with Crippen LogP contribution in [-0.2, 0) is 13.5 Å². The topological polar surface area (TPSA) is 29.9 Å². The molecule has 0 saturated carbocycles. The van der Waals surface area contributed by atoms with Gasteiger partial charge in [-0.3, -0.25) is 4.72 Å². The molecular weight excluding hydrogens is 321 g/mol. The zero-order valence-electron chi connectivity index (χ0n) is 13.6. The molecule has 5 heteroatoms. The predicted octanol–water partition coefficient (Wildman–Crippen LogP) is 4.46. The van der Waals surface area contributed by atoms with E-state index in [9.17, 15) is 4.39 Å². The molecule has 0 spiro atoms. The molecule has 24 heavy (non-hydrogen) atoms. The first-order chi connectivity index (χ1) is 11.7. The van der Waals surface area contributed by atoms with Gasteiger partial charge in [0.2, 0.25) is 0 Å². The Morgan fingerprint density at radius 2 is 1.92 bits per heavy atom. The molecule has 0 unspecified atom stereocenters. The standard InChI is InChI=1S/C19H20FN3S/c1-23-13-19(21-14-23)24-22-12-4-5-15-8-10-16(11-9-15)17-6-2-3-7-18(17)20/h2-3,6-11,13-14,22H,4-5,12H2,1H3. The van der Waals surface area contributed by atoms with Crippen molar-refractivity contribution in [3.63, 3.8) is 0 Å². The van der Waals surface area contributed by atoms with E-state index in [2.05, 4.69) is 21.8 Å². The number of hydrogen-bond acceptors (Lipinski definition) is 3. The van der Waals surface area contributed by atoms with Gasteiger partial charge < -0.3 is 4.57 Å². The highest BCUT2D eigenvalue weighted by molar-refractivity contribution is 7.97. The molecule has 2 aromatic carbocycles. The SMILES string of the molecule is Cn1cnc(SNCCCc2ccc(-c3ccccc3F)cc2)c1.